The van der Waals surface area contributed by atoms with Crippen molar-refractivity contribution in [2.45, 2.75) is 201 Å². The topological polar surface area (TPSA) is 3.24 Å². The Morgan fingerprint density at radius 3 is 1.35 bits per heavy atom. The van der Waals surface area contributed by atoms with Crippen molar-refractivity contribution in [2.75, 3.05) is 4.90 Å². The van der Waals surface area contributed by atoms with Gasteiger partial charge in [0.1, 0.15) is 0 Å². The lowest BCUT2D eigenvalue weighted by molar-refractivity contribution is 0.396. The Kier molecular flexibility index (Phi) is 16.8. The summed E-state index contributed by atoms with van der Waals surface area (Å²) in [6.45, 7) is 21.2. The predicted molar refractivity (Wildman–Crippen MR) is 274 cm³/mol. The molecule has 0 atom stereocenters. The van der Waals surface area contributed by atoms with E-state index in [1.54, 1.807) is 11.1 Å². The van der Waals surface area contributed by atoms with E-state index in [0.717, 1.165) is 19.3 Å². The van der Waals surface area contributed by atoms with Gasteiger partial charge in [-0.2, -0.15) is 0 Å². The highest BCUT2D eigenvalue weighted by atomic mass is 15.1. The molecule has 5 aromatic rings. The summed E-state index contributed by atoms with van der Waals surface area (Å²) in [5, 5.41) is 0. The second-order valence-corrected chi connectivity index (χ2v) is 20.3. The third-order valence-electron chi connectivity index (χ3n) is 15.2. The van der Waals surface area contributed by atoms with Gasteiger partial charge in [0, 0.05) is 22.5 Å². The molecule has 0 amide bonds. The van der Waals surface area contributed by atoms with E-state index < -0.39 is 0 Å². The van der Waals surface area contributed by atoms with Gasteiger partial charge in [0.2, 0.25) is 0 Å². The maximum absolute atomic E-state index is 2.67. The van der Waals surface area contributed by atoms with Crippen molar-refractivity contribution in [3.05, 3.63) is 137 Å². The molecule has 0 radical (unpaired) electrons. The zero-order valence-corrected chi connectivity index (χ0v) is 40.8. The summed E-state index contributed by atoms with van der Waals surface area (Å²) in [7, 11) is 0. The summed E-state index contributed by atoms with van der Waals surface area (Å²) in [6.07, 6.45) is 24.4. The van der Waals surface area contributed by atoms with Gasteiger partial charge in [-0.25, -0.2) is 0 Å². The number of hydrogen-bond donors (Lipinski definition) is 0. The second kappa shape index (κ2) is 22.0. The Morgan fingerprint density at radius 1 is 0.403 bits per heavy atom. The number of fused-ring (bicyclic) bond motifs is 3. The molecule has 332 valence electrons. The van der Waals surface area contributed by atoms with Crippen molar-refractivity contribution < 1.29 is 0 Å². The summed E-state index contributed by atoms with van der Waals surface area (Å²) in [4.78, 5) is 2.44. The van der Waals surface area contributed by atoms with Gasteiger partial charge in [-0.1, -0.05) is 213 Å². The lowest BCUT2D eigenvalue weighted by Gasteiger charge is -2.34. The number of anilines is 3. The molecule has 1 nitrogen and oxygen atoms in total. The predicted octanol–water partition coefficient (Wildman–Crippen LogP) is 19.3. The van der Waals surface area contributed by atoms with Crippen LogP contribution in [0, 0.1) is 0 Å². The van der Waals surface area contributed by atoms with Gasteiger partial charge in [-0.05, 0) is 142 Å². The molecule has 0 spiro atoms. The van der Waals surface area contributed by atoms with Gasteiger partial charge < -0.3 is 4.90 Å². The molecule has 0 saturated heterocycles. The molecule has 1 heteroatoms. The van der Waals surface area contributed by atoms with Gasteiger partial charge in [-0.3, -0.25) is 0 Å². The van der Waals surface area contributed by atoms with E-state index in [4.69, 9.17) is 0 Å². The maximum atomic E-state index is 2.67. The fraction of sp³-hybridized carbons (Fsp3) is 0.508. The molecule has 1 aliphatic rings. The third-order valence-corrected chi connectivity index (χ3v) is 15.2. The minimum absolute atomic E-state index is 0.0502. The molecule has 0 fully saturated rings. The Balaban J connectivity index is 1.39. The monoisotopic (exact) mass is 830 g/mol. The van der Waals surface area contributed by atoms with Crippen LogP contribution in [-0.4, -0.2) is 0 Å². The number of unbranched alkanes of at least 4 members (excludes halogenated alkanes) is 11. The molecule has 0 N–H and O–H groups in total. The van der Waals surface area contributed by atoms with Crippen LogP contribution in [0.1, 0.15) is 206 Å². The smallest absolute Gasteiger partial charge is 0.0462 e. The highest BCUT2D eigenvalue weighted by Gasteiger charge is 2.43. The van der Waals surface area contributed by atoms with Crippen LogP contribution < -0.4 is 4.90 Å². The van der Waals surface area contributed by atoms with Crippen molar-refractivity contribution in [2.24, 2.45) is 0 Å². The normalized spacial score (nSPS) is 13.3. The molecule has 0 aromatic heterocycles. The molecule has 1 aliphatic carbocycles. The van der Waals surface area contributed by atoms with Crippen LogP contribution in [0.3, 0.4) is 0 Å². The van der Waals surface area contributed by atoms with E-state index in [9.17, 15) is 0 Å². The van der Waals surface area contributed by atoms with Crippen LogP contribution in [0.25, 0.3) is 22.3 Å². The average molecular weight is 830 g/mol. The summed E-state index contributed by atoms with van der Waals surface area (Å²) >= 11 is 0. The van der Waals surface area contributed by atoms with Crippen LogP contribution in [0.2, 0.25) is 0 Å². The molecular formula is C61H83N. The van der Waals surface area contributed by atoms with Crippen molar-refractivity contribution in [3.63, 3.8) is 0 Å². The average Bonchev–Trinajstić information content (AvgIpc) is 3.56. The first-order valence-corrected chi connectivity index (χ1v) is 25.4. The number of nitrogens with zero attached hydrogens (tertiary/aromatic N) is 1. The van der Waals surface area contributed by atoms with Gasteiger partial charge in [0.05, 0.1) is 0 Å². The number of rotatable bonds is 25. The highest BCUT2D eigenvalue weighted by molar-refractivity contribution is 5.85. The molecule has 0 bridgehead atoms. The van der Waals surface area contributed by atoms with Crippen molar-refractivity contribution in [3.8, 4) is 22.3 Å². The molecular weight excluding hydrogens is 747 g/mol. The zero-order valence-electron chi connectivity index (χ0n) is 40.8. The van der Waals surface area contributed by atoms with Gasteiger partial charge >= 0.3 is 0 Å². The Morgan fingerprint density at radius 2 is 0.823 bits per heavy atom. The van der Waals surface area contributed by atoms with E-state index in [1.165, 1.54) is 159 Å². The minimum Gasteiger partial charge on any atom is -0.311 e. The SMILES string of the molecule is CCCCCCCCC1(CCCCCCCC)c2cc(-c3ccc(N(c4ccc(CCCC)cc4)c4ccc(C(C)(C)CC)cc4)cc3)ccc2-c2ccc(C(C)(C)CC)cc21. The molecule has 0 saturated carbocycles. The molecule has 0 unspecified atom stereocenters. The summed E-state index contributed by atoms with van der Waals surface area (Å²) < 4.78 is 0. The number of hydrogen-bond acceptors (Lipinski definition) is 1. The van der Waals surface area contributed by atoms with E-state index >= 15 is 0 Å². The maximum Gasteiger partial charge on any atom is 0.0462 e. The third kappa shape index (κ3) is 11.0. The first kappa shape index (κ1) is 47.4. The lowest BCUT2D eigenvalue weighted by Crippen LogP contribution is -2.26. The second-order valence-electron chi connectivity index (χ2n) is 20.3. The molecule has 5 aromatic carbocycles. The first-order valence-electron chi connectivity index (χ1n) is 25.4. The van der Waals surface area contributed by atoms with Crippen LogP contribution in [0.15, 0.2) is 109 Å². The summed E-state index contributed by atoms with van der Waals surface area (Å²) in [6, 6.07) is 43.2. The van der Waals surface area contributed by atoms with E-state index in [0.29, 0.717) is 0 Å². The quantitative estimate of drug-likeness (QED) is 0.0530. The lowest BCUT2D eigenvalue weighted by atomic mass is 9.69. The highest BCUT2D eigenvalue weighted by Crippen LogP contribution is 2.56. The largest absolute Gasteiger partial charge is 0.311 e. The molecule has 62 heavy (non-hydrogen) atoms. The van der Waals surface area contributed by atoms with Gasteiger partial charge in [-0.15, -0.1) is 0 Å². The minimum atomic E-state index is 0.0502. The van der Waals surface area contributed by atoms with Crippen molar-refractivity contribution in [1.82, 2.24) is 0 Å². The molecule has 0 aliphatic heterocycles. The summed E-state index contributed by atoms with van der Waals surface area (Å²) in [5.74, 6) is 0. The Hall–Kier alpha value is -4.10. The number of aryl methyl sites for hydroxylation is 1. The number of benzene rings is 5. The Labute approximate surface area is 380 Å². The molecule has 6 rings (SSSR count). The van der Waals surface area contributed by atoms with Crippen molar-refractivity contribution >= 4 is 17.1 Å². The van der Waals surface area contributed by atoms with E-state index in [1.807, 2.05) is 0 Å². The van der Waals surface area contributed by atoms with Gasteiger partial charge in [0.25, 0.3) is 0 Å². The summed E-state index contributed by atoms with van der Waals surface area (Å²) in [5.41, 5.74) is 17.1. The van der Waals surface area contributed by atoms with E-state index in [-0.39, 0.29) is 16.2 Å². The zero-order chi connectivity index (χ0) is 44.2. The van der Waals surface area contributed by atoms with Crippen LogP contribution in [0.5, 0.6) is 0 Å². The Bertz CT molecular complexity index is 2100. The fourth-order valence-corrected chi connectivity index (χ4v) is 10.1. The van der Waals surface area contributed by atoms with Gasteiger partial charge in [0.15, 0.2) is 0 Å². The van der Waals surface area contributed by atoms with Crippen molar-refractivity contribution in [1.29, 1.82) is 0 Å². The van der Waals surface area contributed by atoms with Crippen LogP contribution >= 0.6 is 0 Å². The first-order chi connectivity index (χ1) is 30.0. The standard InChI is InChI=1S/C61H83N/c1-10-15-18-20-22-24-43-61(44-25-23-21-19-16-11-2)57-45-49(31-41-55(57)56-42-34-51(46-58(56)61)60(8,9)14-5)48-29-37-53(38-30-48)62(52-35-27-47(28-36-52)26-17-12-3)54-39-32-50(33-40-54)59(6,7)13-4/h27-42,45-46H,10-26,43-44H2,1-9H3. The fourth-order valence-electron chi connectivity index (χ4n) is 10.1. The van der Waals surface area contributed by atoms with E-state index in [2.05, 4.69) is 176 Å². The van der Waals surface area contributed by atoms with Crippen LogP contribution in [0.4, 0.5) is 17.1 Å². The molecule has 0 heterocycles. The van der Waals surface area contributed by atoms with Crippen LogP contribution in [-0.2, 0) is 22.7 Å².